The van der Waals surface area contributed by atoms with Crippen LogP contribution < -0.4 is 10.6 Å². The lowest BCUT2D eigenvalue weighted by Gasteiger charge is -2.08. The van der Waals surface area contributed by atoms with Crippen LogP contribution in [0.25, 0.3) is 0 Å². The quantitative estimate of drug-likeness (QED) is 0.754. The number of rotatable bonds is 5. The molecule has 116 valence electrons. The summed E-state index contributed by atoms with van der Waals surface area (Å²) in [4.78, 5) is 16.2. The second-order valence-corrected chi connectivity index (χ2v) is 4.83. The summed E-state index contributed by atoms with van der Waals surface area (Å²) in [6.07, 6.45) is 4.62. The number of halogens is 1. The van der Waals surface area contributed by atoms with Crippen molar-refractivity contribution < 1.29 is 13.6 Å². The number of hydrogen-bond acceptors (Lipinski definition) is 4. The molecule has 2 aromatic heterocycles. The van der Waals surface area contributed by atoms with Crippen molar-refractivity contribution in [3.8, 4) is 0 Å². The molecule has 3 aromatic rings. The lowest BCUT2D eigenvalue weighted by Crippen LogP contribution is -2.13. The van der Waals surface area contributed by atoms with Crippen LogP contribution in [0.5, 0.6) is 0 Å². The van der Waals surface area contributed by atoms with Crippen molar-refractivity contribution in [2.24, 2.45) is 0 Å². The van der Waals surface area contributed by atoms with Gasteiger partial charge in [-0.15, -0.1) is 0 Å². The smallest absolute Gasteiger partial charge is 0.257 e. The van der Waals surface area contributed by atoms with Crippen LogP contribution in [0.3, 0.4) is 0 Å². The lowest BCUT2D eigenvalue weighted by atomic mass is 10.2. The molecule has 0 saturated carbocycles. The molecule has 0 fully saturated rings. The third-order valence-corrected chi connectivity index (χ3v) is 3.17. The maximum absolute atomic E-state index is 13.6. The second-order valence-electron chi connectivity index (χ2n) is 4.83. The molecule has 1 aromatic carbocycles. The van der Waals surface area contributed by atoms with Gasteiger partial charge in [0.25, 0.3) is 5.91 Å². The summed E-state index contributed by atoms with van der Waals surface area (Å²) in [6.45, 7) is 0.479. The number of para-hydroxylation sites is 1. The van der Waals surface area contributed by atoms with Crippen molar-refractivity contribution in [3.05, 3.63) is 78.3 Å². The zero-order valence-electron chi connectivity index (χ0n) is 12.1. The maximum atomic E-state index is 13.6. The van der Waals surface area contributed by atoms with Gasteiger partial charge in [0, 0.05) is 12.4 Å². The van der Waals surface area contributed by atoms with Gasteiger partial charge in [-0.05, 0) is 30.3 Å². The van der Waals surface area contributed by atoms with Crippen molar-refractivity contribution in [2.75, 3.05) is 10.6 Å². The van der Waals surface area contributed by atoms with E-state index in [-0.39, 0.29) is 5.69 Å². The van der Waals surface area contributed by atoms with Gasteiger partial charge >= 0.3 is 0 Å². The number of aromatic nitrogens is 1. The molecule has 3 rings (SSSR count). The Labute approximate surface area is 132 Å². The maximum Gasteiger partial charge on any atom is 0.257 e. The van der Waals surface area contributed by atoms with E-state index in [9.17, 15) is 9.18 Å². The van der Waals surface area contributed by atoms with Gasteiger partial charge in [0.2, 0.25) is 0 Å². The van der Waals surface area contributed by atoms with E-state index in [1.165, 1.54) is 18.3 Å². The third kappa shape index (κ3) is 3.74. The number of nitrogens with zero attached hydrogens (tertiary/aromatic N) is 1. The summed E-state index contributed by atoms with van der Waals surface area (Å²) < 4.78 is 18.8. The van der Waals surface area contributed by atoms with E-state index in [1.807, 2.05) is 6.07 Å². The molecule has 0 aliphatic heterocycles. The summed E-state index contributed by atoms with van der Waals surface area (Å²) in [7, 11) is 0. The van der Waals surface area contributed by atoms with Crippen LogP contribution in [0.2, 0.25) is 0 Å². The number of nitrogens with one attached hydrogen (secondary N) is 2. The van der Waals surface area contributed by atoms with E-state index in [4.69, 9.17) is 4.42 Å². The molecule has 23 heavy (non-hydrogen) atoms. The predicted octanol–water partition coefficient (Wildman–Crippen LogP) is 3.68. The number of amides is 1. The van der Waals surface area contributed by atoms with Crippen molar-refractivity contribution in [3.63, 3.8) is 0 Å². The van der Waals surface area contributed by atoms with E-state index >= 15 is 0 Å². The minimum absolute atomic E-state index is 0.131. The van der Waals surface area contributed by atoms with Crippen molar-refractivity contribution in [1.29, 1.82) is 0 Å². The predicted molar refractivity (Wildman–Crippen MR) is 84.6 cm³/mol. The van der Waals surface area contributed by atoms with E-state index in [0.29, 0.717) is 17.8 Å². The van der Waals surface area contributed by atoms with Crippen LogP contribution in [0.4, 0.5) is 15.8 Å². The van der Waals surface area contributed by atoms with Crippen LogP contribution in [0.15, 0.2) is 65.5 Å². The normalized spacial score (nSPS) is 10.3. The zero-order valence-corrected chi connectivity index (χ0v) is 12.1. The monoisotopic (exact) mass is 311 g/mol. The Bertz CT molecular complexity index is 803. The van der Waals surface area contributed by atoms with Crippen LogP contribution in [0, 0.1) is 5.82 Å². The molecule has 0 aliphatic carbocycles. The van der Waals surface area contributed by atoms with Gasteiger partial charge in [-0.3, -0.25) is 9.78 Å². The van der Waals surface area contributed by atoms with Crippen LogP contribution in [0.1, 0.15) is 16.1 Å². The molecular weight excluding hydrogens is 297 g/mol. The van der Waals surface area contributed by atoms with Crippen molar-refractivity contribution in [1.82, 2.24) is 4.98 Å². The Morgan fingerprint density at radius 3 is 2.83 bits per heavy atom. The molecule has 0 radical (unpaired) electrons. The molecule has 6 heteroatoms. The first-order valence-corrected chi connectivity index (χ1v) is 6.99. The number of benzene rings is 1. The topological polar surface area (TPSA) is 67.2 Å². The summed E-state index contributed by atoms with van der Waals surface area (Å²) >= 11 is 0. The average molecular weight is 311 g/mol. The SMILES string of the molecule is O=C(Nc1ccccc1F)c1cncc(NCc2ccco2)c1. The highest BCUT2D eigenvalue weighted by Crippen LogP contribution is 2.16. The Balaban J connectivity index is 1.69. The molecule has 2 N–H and O–H groups in total. The van der Waals surface area contributed by atoms with Gasteiger partial charge in [-0.1, -0.05) is 12.1 Å². The minimum Gasteiger partial charge on any atom is -0.467 e. The molecule has 5 nitrogen and oxygen atoms in total. The Kier molecular flexibility index (Phi) is 4.33. The van der Waals surface area contributed by atoms with Gasteiger partial charge in [0.15, 0.2) is 0 Å². The highest BCUT2D eigenvalue weighted by atomic mass is 19.1. The molecule has 0 unspecified atom stereocenters. The van der Waals surface area contributed by atoms with Crippen molar-refractivity contribution in [2.45, 2.75) is 6.54 Å². The molecule has 0 saturated heterocycles. The Hall–Kier alpha value is -3.15. The fraction of sp³-hybridized carbons (Fsp3) is 0.0588. The van der Waals surface area contributed by atoms with E-state index in [0.717, 1.165) is 5.76 Å². The molecule has 0 aliphatic rings. The first-order valence-electron chi connectivity index (χ1n) is 6.99. The first-order chi connectivity index (χ1) is 11.2. The molecule has 0 bridgehead atoms. The fourth-order valence-electron chi connectivity index (χ4n) is 2.02. The summed E-state index contributed by atoms with van der Waals surface area (Å²) in [6, 6.07) is 11.3. The van der Waals surface area contributed by atoms with Crippen molar-refractivity contribution >= 4 is 17.3 Å². The zero-order chi connectivity index (χ0) is 16.1. The van der Waals surface area contributed by atoms with Gasteiger partial charge in [-0.2, -0.15) is 0 Å². The Morgan fingerprint density at radius 1 is 1.17 bits per heavy atom. The standard InChI is InChI=1S/C17H14FN3O2/c18-15-5-1-2-6-16(15)21-17(22)12-8-13(10-19-9-12)20-11-14-4-3-7-23-14/h1-10,20H,11H2,(H,21,22). The summed E-state index contributed by atoms with van der Waals surface area (Å²) in [5.74, 6) is -0.142. The number of furan rings is 1. The summed E-state index contributed by atoms with van der Waals surface area (Å²) in [5, 5.41) is 5.63. The van der Waals surface area contributed by atoms with E-state index in [2.05, 4.69) is 15.6 Å². The van der Waals surface area contributed by atoms with Crippen LogP contribution >= 0.6 is 0 Å². The second kappa shape index (κ2) is 6.74. The molecule has 2 heterocycles. The van der Waals surface area contributed by atoms with Gasteiger partial charge in [-0.25, -0.2) is 4.39 Å². The van der Waals surface area contributed by atoms with Gasteiger partial charge < -0.3 is 15.1 Å². The number of anilines is 2. The van der Waals surface area contributed by atoms with E-state index < -0.39 is 11.7 Å². The summed E-state index contributed by atoms with van der Waals surface area (Å²) in [5.41, 5.74) is 1.13. The number of carbonyl (C=O) groups excluding carboxylic acids is 1. The fourth-order valence-corrected chi connectivity index (χ4v) is 2.02. The van der Waals surface area contributed by atoms with Crippen LogP contribution in [-0.4, -0.2) is 10.9 Å². The number of hydrogen-bond donors (Lipinski definition) is 2. The van der Waals surface area contributed by atoms with Gasteiger partial charge in [0.1, 0.15) is 11.6 Å². The Morgan fingerprint density at radius 2 is 2.04 bits per heavy atom. The minimum atomic E-state index is -0.485. The molecule has 1 amide bonds. The number of pyridine rings is 1. The highest BCUT2D eigenvalue weighted by molar-refractivity contribution is 6.04. The molecule has 0 spiro atoms. The molecule has 0 atom stereocenters. The highest BCUT2D eigenvalue weighted by Gasteiger charge is 2.10. The molecular formula is C17H14FN3O2. The van der Waals surface area contributed by atoms with Gasteiger partial charge in [0.05, 0.1) is 29.7 Å². The van der Waals surface area contributed by atoms with E-state index in [1.54, 1.807) is 36.7 Å². The largest absolute Gasteiger partial charge is 0.467 e. The van der Waals surface area contributed by atoms with Crippen LogP contribution in [-0.2, 0) is 6.54 Å². The first kappa shape index (κ1) is 14.8. The third-order valence-electron chi connectivity index (χ3n) is 3.17. The lowest BCUT2D eigenvalue weighted by molar-refractivity contribution is 0.102. The average Bonchev–Trinajstić information content (AvgIpc) is 3.09. The number of carbonyl (C=O) groups is 1.